The third-order valence-corrected chi connectivity index (χ3v) is 3.42. The summed E-state index contributed by atoms with van der Waals surface area (Å²) in [6, 6.07) is 1.50. The van der Waals surface area contributed by atoms with Gasteiger partial charge in [0, 0.05) is 19.2 Å². The predicted molar refractivity (Wildman–Crippen MR) is 62.6 cm³/mol. The largest absolute Gasteiger partial charge is 0.329 e. The van der Waals surface area contributed by atoms with E-state index in [9.17, 15) is 17.2 Å². The molecule has 0 bridgehead atoms. The summed E-state index contributed by atoms with van der Waals surface area (Å²) in [5, 5.41) is 0. The van der Waals surface area contributed by atoms with Crippen molar-refractivity contribution >= 4 is 22.4 Å². The zero-order valence-corrected chi connectivity index (χ0v) is 10.7. The standard InChI is InChI=1S/C9H12F2N2O2S.ClH/c1-6-4-9(8(11)5-7(6)10)16(14,15)13-3-2-12;/h4-5,13H,2-3,12H2,1H3;1H. The Labute approximate surface area is 105 Å². The van der Waals surface area contributed by atoms with Gasteiger partial charge in [-0.25, -0.2) is 21.9 Å². The average molecular weight is 287 g/mol. The van der Waals surface area contributed by atoms with Gasteiger partial charge in [-0.15, -0.1) is 12.4 Å². The van der Waals surface area contributed by atoms with E-state index in [0.29, 0.717) is 6.07 Å². The van der Waals surface area contributed by atoms with E-state index in [1.54, 1.807) is 0 Å². The Kier molecular flexibility index (Phi) is 5.97. The summed E-state index contributed by atoms with van der Waals surface area (Å²) in [5.41, 5.74) is 5.19. The second-order valence-corrected chi connectivity index (χ2v) is 4.95. The third kappa shape index (κ3) is 3.88. The maximum atomic E-state index is 13.3. The van der Waals surface area contributed by atoms with E-state index in [1.807, 2.05) is 0 Å². The quantitative estimate of drug-likeness (QED) is 0.865. The molecule has 1 rings (SSSR count). The monoisotopic (exact) mass is 286 g/mol. The van der Waals surface area contributed by atoms with Gasteiger partial charge in [0.15, 0.2) is 0 Å². The van der Waals surface area contributed by atoms with Gasteiger partial charge in [0.25, 0.3) is 0 Å². The van der Waals surface area contributed by atoms with Gasteiger partial charge in [-0.2, -0.15) is 0 Å². The lowest BCUT2D eigenvalue weighted by atomic mass is 10.2. The molecule has 0 radical (unpaired) electrons. The third-order valence-electron chi connectivity index (χ3n) is 1.94. The molecule has 1 aromatic rings. The van der Waals surface area contributed by atoms with Crippen molar-refractivity contribution in [2.24, 2.45) is 5.73 Å². The van der Waals surface area contributed by atoms with Crippen molar-refractivity contribution in [1.29, 1.82) is 0 Å². The van der Waals surface area contributed by atoms with Gasteiger partial charge < -0.3 is 5.73 Å². The summed E-state index contributed by atoms with van der Waals surface area (Å²) in [6.45, 7) is 1.45. The Hall–Kier alpha value is -0.760. The second-order valence-electron chi connectivity index (χ2n) is 3.22. The van der Waals surface area contributed by atoms with Gasteiger partial charge in [0.1, 0.15) is 16.5 Å². The molecule has 0 saturated carbocycles. The lowest BCUT2D eigenvalue weighted by molar-refractivity contribution is 0.540. The molecule has 0 aliphatic heterocycles. The van der Waals surface area contributed by atoms with Crippen LogP contribution in [0.25, 0.3) is 0 Å². The molecule has 0 spiro atoms. The number of nitrogens with two attached hydrogens (primary N) is 1. The number of hydrogen-bond donors (Lipinski definition) is 2. The van der Waals surface area contributed by atoms with E-state index in [-0.39, 0.29) is 31.1 Å². The van der Waals surface area contributed by atoms with E-state index in [4.69, 9.17) is 5.73 Å². The van der Waals surface area contributed by atoms with Crippen LogP contribution in [0.1, 0.15) is 5.56 Å². The maximum absolute atomic E-state index is 13.3. The molecule has 1 aromatic carbocycles. The fourth-order valence-corrected chi connectivity index (χ4v) is 2.30. The van der Waals surface area contributed by atoms with Crippen molar-refractivity contribution in [1.82, 2.24) is 4.72 Å². The van der Waals surface area contributed by atoms with E-state index in [0.717, 1.165) is 6.07 Å². The molecule has 8 heteroatoms. The minimum absolute atomic E-state index is 0. The van der Waals surface area contributed by atoms with Crippen molar-refractivity contribution < 1.29 is 17.2 Å². The molecular formula is C9H13ClF2N2O2S. The topological polar surface area (TPSA) is 72.2 Å². The van der Waals surface area contributed by atoms with Crippen LogP contribution >= 0.6 is 12.4 Å². The molecule has 98 valence electrons. The van der Waals surface area contributed by atoms with Crippen LogP contribution in [0.3, 0.4) is 0 Å². The van der Waals surface area contributed by atoms with E-state index >= 15 is 0 Å². The summed E-state index contributed by atoms with van der Waals surface area (Å²) >= 11 is 0. The van der Waals surface area contributed by atoms with Gasteiger partial charge in [-0.3, -0.25) is 0 Å². The number of halogens is 3. The predicted octanol–water partition coefficient (Wildman–Crippen LogP) is 0.932. The van der Waals surface area contributed by atoms with Crippen LogP contribution < -0.4 is 10.5 Å². The molecule has 0 saturated heterocycles. The summed E-state index contributed by atoms with van der Waals surface area (Å²) < 4.78 is 51.4. The highest BCUT2D eigenvalue weighted by Gasteiger charge is 2.20. The van der Waals surface area contributed by atoms with E-state index in [1.165, 1.54) is 6.92 Å². The number of sulfonamides is 1. The fraction of sp³-hybridized carbons (Fsp3) is 0.333. The van der Waals surface area contributed by atoms with Crippen molar-refractivity contribution in [2.75, 3.05) is 13.1 Å². The molecule has 0 unspecified atom stereocenters. The minimum Gasteiger partial charge on any atom is -0.329 e. The second kappa shape index (κ2) is 6.25. The van der Waals surface area contributed by atoms with Crippen LogP contribution in [-0.4, -0.2) is 21.5 Å². The molecular weight excluding hydrogens is 274 g/mol. The first-order valence-corrected chi connectivity index (χ1v) is 6.02. The summed E-state index contributed by atoms with van der Waals surface area (Å²) in [6.07, 6.45) is 0. The van der Waals surface area contributed by atoms with Crippen LogP contribution in [0.5, 0.6) is 0 Å². The Balaban J connectivity index is 0.00000256. The molecule has 0 heterocycles. The van der Waals surface area contributed by atoms with Crippen LogP contribution in [0.15, 0.2) is 17.0 Å². The Morgan fingerprint density at radius 1 is 1.29 bits per heavy atom. The lowest BCUT2D eigenvalue weighted by Crippen LogP contribution is -2.29. The SMILES string of the molecule is Cc1cc(S(=O)(=O)NCCN)c(F)cc1F.Cl. The number of aryl methyl sites for hydroxylation is 1. The van der Waals surface area contributed by atoms with Crippen molar-refractivity contribution in [3.05, 3.63) is 29.3 Å². The van der Waals surface area contributed by atoms with Gasteiger partial charge >= 0.3 is 0 Å². The zero-order valence-electron chi connectivity index (χ0n) is 9.04. The summed E-state index contributed by atoms with van der Waals surface area (Å²) in [5.74, 6) is -1.90. The van der Waals surface area contributed by atoms with Crippen LogP contribution in [0.2, 0.25) is 0 Å². The van der Waals surface area contributed by atoms with E-state index in [2.05, 4.69) is 4.72 Å². The first kappa shape index (κ1) is 16.2. The molecule has 0 aliphatic rings. The number of benzene rings is 1. The molecule has 0 fully saturated rings. The number of nitrogens with one attached hydrogen (secondary N) is 1. The zero-order chi connectivity index (χ0) is 12.3. The van der Waals surface area contributed by atoms with Crippen LogP contribution in [0.4, 0.5) is 8.78 Å². The fourth-order valence-electron chi connectivity index (χ4n) is 1.11. The van der Waals surface area contributed by atoms with Crippen molar-refractivity contribution in [3.63, 3.8) is 0 Å². The molecule has 0 atom stereocenters. The molecule has 0 amide bonds. The number of hydrogen-bond acceptors (Lipinski definition) is 3. The molecule has 3 N–H and O–H groups in total. The molecule has 0 aromatic heterocycles. The smallest absolute Gasteiger partial charge is 0.243 e. The average Bonchev–Trinajstić information content (AvgIpc) is 2.20. The van der Waals surface area contributed by atoms with Crippen molar-refractivity contribution in [3.8, 4) is 0 Å². The first-order valence-electron chi connectivity index (χ1n) is 4.54. The Morgan fingerprint density at radius 3 is 2.41 bits per heavy atom. The van der Waals surface area contributed by atoms with Crippen LogP contribution in [-0.2, 0) is 10.0 Å². The lowest BCUT2D eigenvalue weighted by Gasteiger charge is -2.07. The van der Waals surface area contributed by atoms with Gasteiger partial charge in [0.05, 0.1) is 0 Å². The molecule has 4 nitrogen and oxygen atoms in total. The van der Waals surface area contributed by atoms with Crippen LogP contribution in [0, 0.1) is 18.6 Å². The van der Waals surface area contributed by atoms with Gasteiger partial charge in [-0.05, 0) is 18.6 Å². The Morgan fingerprint density at radius 2 is 1.88 bits per heavy atom. The summed E-state index contributed by atoms with van der Waals surface area (Å²) in [4.78, 5) is -0.570. The maximum Gasteiger partial charge on any atom is 0.243 e. The first-order chi connectivity index (χ1) is 7.38. The van der Waals surface area contributed by atoms with Gasteiger partial charge in [-0.1, -0.05) is 0 Å². The highest BCUT2D eigenvalue weighted by atomic mass is 35.5. The Bertz CT molecular complexity index is 494. The number of rotatable bonds is 4. The highest BCUT2D eigenvalue weighted by molar-refractivity contribution is 7.89. The minimum atomic E-state index is -3.96. The molecule has 0 aliphatic carbocycles. The van der Waals surface area contributed by atoms with Gasteiger partial charge in [0.2, 0.25) is 10.0 Å². The van der Waals surface area contributed by atoms with Crippen molar-refractivity contribution in [2.45, 2.75) is 11.8 Å². The normalized spacial score (nSPS) is 11.1. The molecule has 17 heavy (non-hydrogen) atoms. The summed E-state index contributed by atoms with van der Waals surface area (Å²) in [7, 11) is -3.96. The highest BCUT2D eigenvalue weighted by Crippen LogP contribution is 2.18. The van der Waals surface area contributed by atoms with E-state index < -0.39 is 26.6 Å².